The van der Waals surface area contributed by atoms with Crippen LogP contribution in [0.1, 0.15) is 11.3 Å². The summed E-state index contributed by atoms with van der Waals surface area (Å²) in [7, 11) is 3.04. The van der Waals surface area contributed by atoms with Gasteiger partial charge in [-0.2, -0.15) is 5.26 Å². The van der Waals surface area contributed by atoms with Crippen LogP contribution < -0.4 is 14.8 Å². The van der Waals surface area contributed by atoms with Crippen LogP contribution in [-0.4, -0.2) is 25.1 Å². The maximum absolute atomic E-state index is 12.5. The monoisotopic (exact) mass is 467 g/mol. The van der Waals surface area contributed by atoms with Gasteiger partial charge in [0.15, 0.2) is 0 Å². The highest BCUT2D eigenvalue weighted by atomic mass is 35.5. The van der Waals surface area contributed by atoms with Crippen LogP contribution in [0.15, 0.2) is 58.5 Å². The molecule has 0 aliphatic heterocycles. The van der Waals surface area contributed by atoms with Crippen molar-refractivity contribution in [3.63, 3.8) is 0 Å². The number of hydrogen-bond acceptors (Lipinski definition) is 7. The maximum Gasteiger partial charge on any atom is 0.270 e. The Hall–Kier alpha value is -4.29. The van der Waals surface area contributed by atoms with Crippen molar-refractivity contribution in [3.8, 4) is 28.9 Å². The van der Waals surface area contributed by atoms with Gasteiger partial charge in [-0.05, 0) is 30.3 Å². The van der Waals surface area contributed by atoms with E-state index in [1.54, 1.807) is 30.3 Å². The lowest BCUT2D eigenvalue weighted by molar-refractivity contribution is -0.384. The topological polar surface area (TPSA) is 128 Å². The van der Waals surface area contributed by atoms with E-state index in [-0.39, 0.29) is 28.6 Å². The Bertz CT molecular complexity index is 1280. The van der Waals surface area contributed by atoms with Gasteiger partial charge in [0, 0.05) is 41.9 Å². The minimum absolute atomic E-state index is 0.132. The SMILES string of the molecule is COc1ccc(CNC(=O)/C(C#N)=C/c2ccc(-c3ccc([N+](=O)[O-])cc3Cl)o2)c(OC)c1. The van der Waals surface area contributed by atoms with Crippen LogP contribution in [0.2, 0.25) is 5.02 Å². The predicted octanol–water partition coefficient (Wildman–Crippen LogP) is 4.75. The summed E-state index contributed by atoms with van der Waals surface area (Å²) in [6.45, 7) is 0.132. The number of carbonyl (C=O) groups excluding carboxylic acids is 1. The molecule has 10 heteroatoms. The van der Waals surface area contributed by atoms with Crippen molar-refractivity contribution >= 4 is 29.3 Å². The summed E-state index contributed by atoms with van der Waals surface area (Å²) in [5.41, 5.74) is 0.832. The highest BCUT2D eigenvalue weighted by Crippen LogP contribution is 2.32. The normalized spacial score (nSPS) is 10.9. The second kappa shape index (κ2) is 10.3. The van der Waals surface area contributed by atoms with E-state index < -0.39 is 10.8 Å². The number of amides is 1. The summed E-state index contributed by atoms with van der Waals surface area (Å²) in [5.74, 6) is 1.13. The first-order valence-electron chi connectivity index (χ1n) is 9.51. The molecule has 2 aromatic carbocycles. The minimum Gasteiger partial charge on any atom is -0.497 e. The first-order valence-corrected chi connectivity index (χ1v) is 9.89. The van der Waals surface area contributed by atoms with Crippen LogP contribution in [0.3, 0.4) is 0 Å². The van der Waals surface area contributed by atoms with E-state index in [2.05, 4.69) is 5.32 Å². The second-order valence-electron chi connectivity index (χ2n) is 6.65. The molecule has 0 fully saturated rings. The molecular weight excluding hydrogens is 450 g/mol. The van der Waals surface area contributed by atoms with Crippen molar-refractivity contribution in [2.24, 2.45) is 0 Å². The Balaban J connectivity index is 1.75. The number of nitro benzene ring substituents is 1. The van der Waals surface area contributed by atoms with E-state index in [1.165, 1.54) is 38.5 Å². The van der Waals surface area contributed by atoms with Gasteiger partial charge in [0.05, 0.1) is 24.2 Å². The van der Waals surface area contributed by atoms with Crippen LogP contribution in [0, 0.1) is 21.4 Å². The molecule has 3 aromatic rings. The van der Waals surface area contributed by atoms with Crippen molar-refractivity contribution in [3.05, 3.63) is 80.6 Å². The van der Waals surface area contributed by atoms with Crippen molar-refractivity contribution in [1.29, 1.82) is 5.26 Å². The Morgan fingerprint density at radius 1 is 1.21 bits per heavy atom. The third kappa shape index (κ3) is 5.50. The summed E-state index contributed by atoms with van der Waals surface area (Å²) in [5, 5.41) is 23.1. The number of furan rings is 1. The van der Waals surface area contributed by atoms with Gasteiger partial charge in [-0.15, -0.1) is 0 Å². The minimum atomic E-state index is -0.596. The zero-order valence-corrected chi connectivity index (χ0v) is 18.4. The van der Waals surface area contributed by atoms with Gasteiger partial charge in [0.2, 0.25) is 0 Å². The molecule has 33 heavy (non-hydrogen) atoms. The third-order valence-corrected chi connectivity index (χ3v) is 4.95. The summed E-state index contributed by atoms with van der Waals surface area (Å²) in [4.78, 5) is 22.8. The Morgan fingerprint density at radius 3 is 2.64 bits per heavy atom. The quantitative estimate of drug-likeness (QED) is 0.219. The number of carbonyl (C=O) groups is 1. The van der Waals surface area contributed by atoms with Gasteiger partial charge in [-0.1, -0.05) is 11.6 Å². The van der Waals surface area contributed by atoms with Crippen molar-refractivity contribution in [1.82, 2.24) is 5.32 Å². The van der Waals surface area contributed by atoms with E-state index >= 15 is 0 Å². The molecule has 0 atom stereocenters. The molecule has 1 N–H and O–H groups in total. The first kappa shape index (κ1) is 23.4. The van der Waals surface area contributed by atoms with E-state index in [0.717, 1.165) is 0 Å². The summed E-state index contributed by atoms with van der Waals surface area (Å²) in [6.07, 6.45) is 1.30. The van der Waals surface area contributed by atoms with Crippen LogP contribution in [-0.2, 0) is 11.3 Å². The largest absolute Gasteiger partial charge is 0.497 e. The maximum atomic E-state index is 12.5. The second-order valence-corrected chi connectivity index (χ2v) is 7.06. The number of nitro groups is 1. The lowest BCUT2D eigenvalue weighted by Gasteiger charge is -2.11. The summed E-state index contributed by atoms with van der Waals surface area (Å²) in [6, 6.07) is 14.2. The number of non-ortho nitro benzene ring substituents is 1. The molecular formula is C23H18ClN3O6. The highest BCUT2D eigenvalue weighted by Gasteiger charge is 2.15. The predicted molar refractivity (Wildman–Crippen MR) is 121 cm³/mol. The smallest absolute Gasteiger partial charge is 0.270 e. The molecule has 1 amide bonds. The van der Waals surface area contributed by atoms with Crippen LogP contribution in [0.4, 0.5) is 5.69 Å². The lowest BCUT2D eigenvalue weighted by Crippen LogP contribution is -2.24. The van der Waals surface area contributed by atoms with Crippen LogP contribution in [0.25, 0.3) is 17.4 Å². The molecule has 0 saturated heterocycles. The number of rotatable bonds is 8. The molecule has 0 aliphatic rings. The van der Waals surface area contributed by atoms with Crippen molar-refractivity contribution in [2.75, 3.05) is 14.2 Å². The molecule has 0 radical (unpaired) electrons. The van der Waals surface area contributed by atoms with E-state index in [1.807, 2.05) is 6.07 Å². The van der Waals surface area contributed by atoms with Crippen LogP contribution in [0.5, 0.6) is 11.5 Å². The number of hydrogen-bond donors (Lipinski definition) is 1. The first-order chi connectivity index (χ1) is 15.9. The van der Waals surface area contributed by atoms with Crippen LogP contribution >= 0.6 is 11.6 Å². The molecule has 0 unspecified atom stereocenters. The Morgan fingerprint density at radius 2 is 2.00 bits per heavy atom. The van der Waals surface area contributed by atoms with Gasteiger partial charge >= 0.3 is 0 Å². The zero-order valence-electron chi connectivity index (χ0n) is 17.6. The van der Waals surface area contributed by atoms with Crippen molar-refractivity contribution in [2.45, 2.75) is 6.54 Å². The highest BCUT2D eigenvalue weighted by molar-refractivity contribution is 6.33. The average molecular weight is 468 g/mol. The number of halogens is 1. The standard InChI is InChI=1S/C23H18ClN3O6/c1-31-17-5-3-14(22(11-17)32-2)13-26-23(28)15(12-25)9-18-6-8-21(33-18)19-7-4-16(27(29)30)10-20(19)24/h3-11H,13H2,1-2H3,(H,26,28)/b15-9+. The average Bonchev–Trinajstić information content (AvgIpc) is 3.28. The van der Waals surface area contributed by atoms with E-state index in [4.69, 9.17) is 25.5 Å². The van der Waals surface area contributed by atoms with Crippen molar-refractivity contribution < 1.29 is 23.6 Å². The molecule has 0 saturated carbocycles. The third-order valence-electron chi connectivity index (χ3n) is 4.64. The molecule has 168 valence electrons. The van der Waals surface area contributed by atoms with Gasteiger partial charge in [0.1, 0.15) is 34.7 Å². The number of methoxy groups -OCH3 is 2. The lowest BCUT2D eigenvalue weighted by atomic mass is 10.1. The Labute approximate surface area is 193 Å². The molecule has 1 heterocycles. The molecule has 1 aromatic heterocycles. The number of nitriles is 1. The fourth-order valence-corrected chi connectivity index (χ4v) is 3.22. The molecule has 3 rings (SSSR count). The number of nitrogens with one attached hydrogen (secondary N) is 1. The Kier molecular flexibility index (Phi) is 7.33. The van der Waals surface area contributed by atoms with Gasteiger partial charge in [0.25, 0.3) is 11.6 Å². The number of benzene rings is 2. The van der Waals surface area contributed by atoms with Gasteiger partial charge in [-0.25, -0.2) is 0 Å². The fourth-order valence-electron chi connectivity index (χ4n) is 2.95. The van der Waals surface area contributed by atoms with Gasteiger partial charge < -0.3 is 19.2 Å². The zero-order chi connectivity index (χ0) is 24.0. The number of ether oxygens (including phenoxy) is 2. The number of nitrogens with zero attached hydrogens (tertiary/aromatic N) is 2. The molecule has 0 aliphatic carbocycles. The summed E-state index contributed by atoms with van der Waals surface area (Å²) >= 11 is 6.13. The van der Waals surface area contributed by atoms with Gasteiger partial charge in [-0.3, -0.25) is 14.9 Å². The summed E-state index contributed by atoms with van der Waals surface area (Å²) < 4.78 is 16.1. The fraction of sp³-hybridized carbons (Fsp3) is 0.130. The van der Waals surface area contributed by atoms with E-state index in [9.17, 15) is 20.2 Å². The molecule has 0 spiro atoms. The van der Waals surface area contributed by atoms with E-state index in [0.29, 0.717) is 28.4 Å². The molecule has 9 nitrogen and oxygen atoms in total. The molecule has 0 bridgehead atoms.